The number of rotatable bonds is 2. The van der Waals surface area contributed by atoms with Crippen LogP contribution in [0.5, 0.6) is 5.75 Å². The molecular weight excluding hydrogens is 264 g/mol. The van der Waals surface area contributed by atoms with E-state index in [1.54, 1.807) is 24.3 Å². The second kappa shape index (κ2) is 4.77. The van der Waals surface area contributed by atoms with Gasteiger partial charge in [0.15, 0.2) is 0 Å². The minimum atomic E-state index is -0.923. The van der Waals surface area contributed by atoms with Crippen LogP contribution in [0, 0.1) is 6.92 Å². The summed E-state index contributed by atoms with van der Waals surface area (Å²) in [6.45, 7) is 5.73. The van der Waals surface area contributed by atoms with E-state index in [2.05, 4.69) is 6.58 Å². The van der Waals surface area contributed by atoms with Gasteiger partial charge in [0.2, 0.25) is 0 Å². The second-order valence-corrected chi connectivity index (χ2v) is 5.34. The van der Waals surface area contributed by atoms with Crippen LogP contribution >= 0.6 is 0 Å². The Morgan fingerprint density at radius 3 is 2.71 bits per heavy atom. The first-order valence-corrected chi connectivity index (χ1v) is 6.87. The van der Waals surface area contributed by atoms with Gasteiger partial charge in [-0.15, -0.1) is 0 Å². The van der Waals surface area contributed by atoms with Crippen molar-refractivity contribution in [1.82, 2.24) is 0 Å². The summed E-state index contributed by atoms with van der Waals surface area (Å²) >= 11 is 0. The van der Waals surface area contributed by atoms with Crippen LogP contribution in [0.15, 0.2) is 30.8 Å². The number of aryl methyl sites for hydroxylation is 1. The summed E-state index contributed by atoms with van der Waals surface area (Å²) < 4.78 is 0. The van der Waals surface area contributed by atoms with E-state index < -0.39 is 5.97 Å². The van der Waals surface area contributed by atoms with E-state index in [1.165, 1.54) is 0 Å². The first kappa shape index (κ1) is 13.4. The van der Waals surface area contributed by atoms with Gasteiger partial charge in [-0.25, -0.2) is 4.79 Å². The molecule has 3 nitrogen and oxygen atoms in total. The molecule has 0 unspecified atom stereocenters. The highest BCUT2D eigenvalue weighted by Crippen LogP contribution is 2.40. The molecule has 0 spiro atoms. The Bertz CT molecular complexity index is 773. The lowest BCUT2D eigenvalue weighted by molar-refractivity contribution is 0.0696. The average Bonchev–Trinajstić information content (AvgIpc) is 2.49. The third-order valence-corrected chi connectivity index (χ3v) is 4.20. The number of fused-ring (bicyclic) bond motifs is 3. The zero-order valence-corrected chi connectivity index (χ0v) is 11.8. The smallest absolute Gasteiger partial charge is 0.335 e. The molecule has 0 heterocycles. The minimum absolute atomic E-state index is 0.294. The minimum Gasteiger partial charge on any atom is -0.508 e. The molecule has 0 fully saturated rings. The molecule has 1 aliphatic carbocycles. The largest absolute Gasteiger partial charge is 0.508 e. The molecule has 0 atom stereocenters. The highest BCUT2D eigenvalue weighted by atomic mass is 16.4. The number of aromatic carboxylic acids is 1. The fourth-order valence-electron chi connectivity index (χ4n) is 3.10. The van der Waals surface area contributed by atoms with E-state index in [4.69, 9.17) is 0 Å². The maximum Gasteiger partial charge on any atom is 0.335 e. The van der Waals surface area contributed by atoms with Gasteiger partial charge in [-0.05, 0) is 71.3 Å². The number of carboxylic acid groups (broad SMARTS) is 1. The molecule has 2 aromatic carbocycles. The van der Waals surface area contributed by atoms with E-state index in [0.717, 1.165) is 46.2 Å². The summed E-state index contributed by atoms with van der Waals surface area (Å²) in [5.74, 6) is -0.618. The van der Waals surface area contributed by atoms with Crippen molar-refractivity contribution in [3.63, 3.8) is 0 Å². The number of phenols is 1. The van der Waals surface area contributed by atoms with Gasteiger partial charge < -0.3 is 10.2 Å². The molecule has 1 aliphatic rings. The zero-order valence-electron chi connectivity index (χ0n) is 11.8. The predicted molar refractivity (Wildman–Crippen MR) is 82.7 cm³/mol. The molecule has 0 amide bonds. The summed E-state index contributed by atoms with van der Waals surface area (Å²) in [6.07, 6.45) is 3.28. The molecular formula is C18H16O3. The number of hydrogen-bond donors (Lipinski definition) is 2. The number of hydrogen-bond acceptors (Lipinski definition) is 2. The number of aromatic hydroxyl groups is 1. The predicted octanol–water partition coefficient (Wildman–Crippen LogP) is 3.81. The highest BCUT2D eigenvalue weighted by Gasteiger charge is 2.22. The van der Waals surface area contributed by atoms with Crippen LogP contribution in [0.1, 0.15) is 32.6 Å². The van der Waals surface area contributed by atoms with Crippen LogP contribution in [0.2, 0.25) is 0 Å². The van der Waals surface area contributed by atoms with Crippen molar-refractivity contribution in [2.75, 3.05) is 0 Å². The summed E-state index contributed by atoms with van der Waals surface area (Å²) in [4.78, 5) is 11.2. The molecule has 0 bridgehead atoms. The zero-order chi connectivity index (χ0) is 15.1. The first-order chi connectivity index (χ1) is 10.0. The van der Waals surface area contributed by atoms with Crippen LogP contribution in [0.25, 0.3) is 17.2 Å². The molecule has 0 aliphatic heterocycles. The summed E-state index contributed by atoms with van der Waals surface area (Å²) in [6, 6.07) is 7.01. The van der Waals surface area contributed by atoms with Crippen molar-refractivity contribution in [2.24, 2.45) is 0 Å². The molecule has 0 saturated heterocycles. The Hall–Kier alpha value is -2.55. The molecule has 0 radical (unpaired) electrons. The molecule has 2 N–H and O–H groups in total. The molecule has 0 saturated carbocycles. The topological polar surface area (TPSA) is 57.5 Å². The van der Waals surface area contributed by atoms with Gasteiger partial charge in [-0.1, -0.05) is 18.7 Å². The Balaban J connectivity index is 2.32. The van der Waals surface area contributed by atoms with E-state index in [-0.39, 0.29) is 0 Å². The molecule has 0 aromatic heterocycles. The van der Waals surface area contributed by atoms with Crippen molar-refractivity contribution in [3.05, 3.63) is 58.7 Å². The number of carboxylic acids is 1. The Morgan fingerprint density at radius 2 is 2.05 bits per heavy atom. The van der Waals surface area contributed by atoms with Crippen molar-refractivity contribution in [2.45, 2.75) is 19.8 Å². The third-order valence-electron chi connectivity index (χ3n) is 4.20. The summed E-state index contributed by atoms with van der Waals surface area (Å²) in [7, 11) is 0. The van der Waals surface area contributed by atoms with Crippen molar-refractivity contribution in [1.29, 1.82) is 0 Å². The van der Waals surface area contributed by atoms with E-state index in [0.29, 0.717) is 11.3 Å². The summed E-state index contributed by atoms with van der Waals surface area (Å²) in [5.41, 5.74) is 6.29. The molecule has 2 aromatic rings. The van der Waals surface area contributed by atoms with Gasteiger partial charge >= 0.3 is 5.97 Å². The standard InChI is InChI=1S/C18H16O3/c1-3-11-8-13(18(20)21)9-12-4-5-14-10(2)16(19)7-6-15(14)17(11)12/h3,6-9,19H,1,4-5H2,2H3,(H,20,21). The molecule has 3 rings (SSSR count). The fourth-order valence-corrected chi connectivity index (χ4v) is 3.10. The van der Waals surface area contributed by atoms with Crippen molar-refractivity contribution in [3.8, 4) is 16.9 Å². The quantitative estimate of drug-likeness (QED) is 0.879. The van der Waals surface area contributed by atoms with Gasteiger partial charge in [0.05, 0.1) is 5.56 Å². The van der Waals surface area contributed by atoms with Crippen molar-refractivity contribution >= 4 is 12.0 Å². The van der Waals surface area contributed by atoms with Gasteiger partial charge in [0.25, 0.3) is 0 Å². The normalized spacial score (nSPS) is 12.4. The number of carbonyl (C=O) groups is 1. The Morgan fingerprint density at radius 1 is 1.29 bits per heavy atom. The lowest BCUT2D eigenvalue weighted by atomic mass is 9.80. The highest BCUT2D eigenvalue weighted by molar-refractivity contribution is 5.92. The Labute approximate surface area is 123 Å². The first-order valence-electron chi connectivity index (χ1n) is 6.87. The summed E-state index contributed by atoms with van der Waals surface area (Å²) in [5, 5.41) is 19.1. The SMILES string of the molecule is C=Cc1cc(C(=O)O)cc2c1-c1ccc(O)c(C)c1CC2. The van der Waals surface area contributed by atoms with Gasteiger partial charge in [0, 0.05) is 0 Å². The van der Waals surface area contributed by atoms with Gasteiger partial charge in [0.1, 0.15) is 5.75 Å². The number of benzene rings is 2. The van der Waals surface area contributed by atoms with Crippen LogP contribution in [0.4, 0.5) is 0 Å². The maximum atomic E-state index is 11.2. The van der Waals surface area contributed by atoms with E-state index in [9.17, 15) is 15.0 Å². The Kier molecular flexibility index (Phi) is 3.05. The fraction of sp³-hybridized carbons (Fsp3) is 0.167. The third kappa shape index (κ3) is 2.02. The van der Waals surface area contributed by atoms with Crippen LogP contribution in [-0.4, -0.2) is 16.2 Å². The average molecular weight is 280 g/mol. The molecule has 3 heteroatoms. The van der Waals surface area contributed by atoms with Crippen LogP contribution in [-0.2, 0) is 12.8 Å². The lowest BCUT2D eigenvalue weighted by Crippen LogP contribution is -2.09. The monoisotopic (exact) mass is 280 g/mol. The van der Waals surface area contributed by atoms with E-state index >= 15 is 0 Å². The van der Waals surface area contributed by atoms with Crippen molar-refractivity contribution < 1.29 is 15.0 Å². The lowest BCUT2D eigenvalue weighted by Gasteiger charge is -2.24. The molecule has 106 valence electrons. The second-order valence-electron chi connectivity index (χ2n) is 5.34. The van der Waals surface area contributed by atoms with Gasteiger partial charge in [-0.2, -0.15) is 0 Å². The number of phenolic OH excluding ortho intramolecular Hbond substituents is 1. The van der Waals surface area contributed by atoms with Crippen LogP contribution < -0.4 is 0 Å². The van der Waals surface area contributed by atoms with Gasteiger partial charge in [-0.3, -0.25) is 0 Å². The molecule has 21 heavy (non-hydrogen) atoms. The van der Waals surface area contributed by atoms with Crippen LogP contribution in [0.3, 0.4) is 0 Å². The maximum absolute atomic E-state index is 11.2. The van der Waals surface area contributed by atoms with E-state index in [1.807, 2.05) is 13.0 Å².